The average Bonchev–Trinajstić information content (AvgIpc) is 2.63. The van der Waals surface area contributed by atoms with Crippen LogP contribution < -0.4 is 5.32 Å². The number of hydrogen-bond acceptors (Lipinski definition) is 4. The molecule has 0 aromatic carbocycles. The number of nitrogens with zero attached hydrogens (tertiary/aromatic N) is 1. The summed E-state index contributed by atoms with van der Waals surface area (Å²) in [6, 6.07) is -0.161. The molecule has 4 nitrogen and oxygen atoms in total. The van der Waals surface area contributed by atoms with Crippen LogP contribution in [0.25, 0.3) is 0 Å². The second-order valence-electron chi connectivity index (χ2n) is 3.79. The molecule has 1 N–H and O–H groups in total. The van der Waals surface area contributed by atoms with Crippen molar-refractivity contribution in [1.29, 1.82) is 0 Å². The molecular formula is C10H18N2O2. The van der Waals surface area contributed by atoms with Crippen LogP contribution in [0.4, 0.5) is 0 Å². The molecule has 80 valence electrons. The largest absolute Gasteiger partial charge is 0.311 e. The van der Waals surface area contributed by atoms with Crippen LogP contribution in [0.5, 0.6) is 0 Å². The first kappa shape index (κ1) is 11.3. The number of aldehydes is 1. The number of rotatable bonds is 5. The maximum Gasteiger partial charge on any atom is 0.163 e. The monoisotopic (exact) mass is 198 g/mol. The van der Waals surface area contributed by atoms with Crippen LogP contribution in [0, 0.1) is 0 Å². The van der Waals surface area contributed by atoms with E-state index < -0.39 is 0 Å². The van der Waals surface area contributed by atoms with Crippen molar-refractivity contribution in [3.05, 3.63) is 0 Å². The third-order valence-corrected chi connectivity index (χ3v) is 2.85. The van der Waals surface area contributed by atoms with Crippen molar-refractivity contribution < 1.29 is 9.59 Å². The Hall–Kier alpha value is -0.740. The zero-order valence-corrected chi connectivity index (χ0v) is 8.82. The molecule has 0 unspecified atom stereocenters. The lowest BCUT2D eigenvalue weighted by molar-refractivity contribution is -0.122. The van der Waals surface area contributed by atoms with Gasteiger partial charge in [-0.1, -0.05) is 0 Å². The Morgan fingerprint density at radius 1 is 1.71 bits per heavy atom. The van der Waals surface area contributed by atoms with Crippen LogP contribution in [-0.2, 0) is 9.59 Å². The number of carbonyl (C=O) groups is 2. The van der Waals surface area contributed by atoms with E-state index in [-0.39, 0.29) is 17.9 Å². The molecule has 1 rings (SSSR count). The van der Waals surface area contributed by atoms with Crippen LogP contribution in [0.15, 0.2) is 0 Å². The highest BCUT2D eigenvalue weighted by atomic mass is 16.1. The Balaban J connectivity index is 2.43. The fourth-order valence-electron chi connectivity index (χ4n) is 1.70. The quantitative estimate of drug-likeness (QED) is 0.623. The summed E-state index contributed by atoms with van der Waals surface area (Å²) in [5, 5.41) is 2.91. The lowest BCUT2D eigenvalue weighted by Gasteiger charge is -2.20. The number of nitrogens with one attached hydrogen (secondary N) is 1. The van der Waals surface area contributed by atoms with E-state index in [9.17, 15) is 9.59 Å². The number of Topliss-reactive ketones (excluding diaryl/α,β-unsaturated/α-hetero) is 1. The maximum absolute atomic E-state index is 11.6. The van der Waals surface area contributed by atoms with Gasteiger partial charge in [-0.2, -0.15) is 0 Å². The molecule has 0 spiro atoms. The fraction of sp³-hybridized carbons (Fsp3) is 0.800. The number of likely N-dealkylation sites (N-methyl/N-ethyl adjacent to an activating group) is 1. The van der Waals surface area contributed by atoms with Gasteiger partial charge in [0.2, 0.25) is 0 Å². The van der Waals surface area contributed by atoms with Gasteiger partial charge in [-0.3, -0.25) is 9.69 Å². The van der Waals surface area contributed by atoms with Gasteiger partial charge >= 0.3 is 0 Å². The molecule has 0 aromatic rings. The lowest BCUT2D eigenvalue weighted by atomic mass is 10.2. The Kier molecular flexibility index (Phi) is 4.22. The number of hydrogen-bond donors (Lipinski definition) is 1. The highest BCUT2D eigenvalue weighted by molar-refractivity contribution is 5.85. The van der Waals surface area contributed by atoms with Gasteiger partial charge in [0.15, 0.2) is 5.78 Å². The Labute approximate surface area is 84.7 Å². The Morgan fingerprint density at radius 2 is 2.43 bits per heavy atom. The standard InChI is InChI=1S/C10H18N2O2/c1-8(11-2)10(14)6-12-5-3-4-9(12)7-13/h7-9,11H,3-6H2,1-2H3/t8-,9-/m0/s1. The van der Waals surface area contributed by atoms with E-state index in [2.05, 4.69) is 5.32 Å². The zero-order valence-electron chi connectivity index (χ0n) is 8.82. The van der Waals surface area contributed by atoms with Crippen LogP contribution in [-0.4, -0.2) is 49.2 Å². The van der Waals surface area contributed by atoms with Gasteiger partial charge in [-0.05, 0) is 33.4 Å². The van der Waals surface area contributed by atoms with E-state index >= 15 is 0 Å². The first-order chi connectivity index (χ1) is 6.69. The minimum atomic E-state index is -0.122. The maximum atomic E-state index is 11.6. The fourth-order valence-corrected chi connectivity index (χ4v) is 1.70. The molecule has 1 heterocycles. The van der Waals surface area contributed by atoms with Crippen molar-refractivity contribution in [3.63, 3.8) is 0 Å². The summed E-state index contributed by atoms with van der Waals surface area (Å²) in [5.41, 5.74) is 0. The molecule has 1 aliphatic heterocycles. The van der Waals surface area contributed by atoms with Crippen molar-refractivity contribution in [1.82, 2.24) is 10.2 Å². The van der Waals surface area contributed by atoms with Gasteiger partial charge in [0, 0.05) is 0 Å². The van der Waals surface area contributed by atoms with E-state index in [1.54, 1.807) is 7.05 Å². The molecule has 14 heavy (non-hydrogen) atoms. The summed E-state index contributed by atoms with van der Waals surface area (Å²) in [4.78, 5) is 24.2. The van der Waals surface area contributed by atoms with Crippen molar-refractivity contribution in [3.8, 4) is 0 Å². The molecule has 1 saturated heterocycles. The molecule has 4 heteroatoms. The van der Waals surface area contributed by atoms with E-state index in [4.69, 9.17) is 0 Å². The predicted octanol–water partition coefficient (Wildman–Crippen LogP) is -0.173. The normalized spacial score (nSPS) is 24.9. The summed E-state index contributed by atoms with van der Waals surface area (Å²) in [7, 11) is 1.77. The third kappa shape index (κ3) is 2.62. The second-order valence-corrected chi connectivity index (χ2v) is 3.79. The Bertz CT molecular complexity index is 218. The van der Waals surface area contributed by atoms with Gasteiger partial charge < -0.3 is 10.1 Å². The molecule has 0 bridgehead atoms. The van der Waals surface area contributed by atoms with Crippen molar-refractivity contribution in [2.45, 2.75) is 31.8 Å². The molecule has 0 amide bonds. The smallest absolute Gasteiger partial charge is 0.163 e. The summed E-state index contributed by atoms with van der Waals surface area (Å²) >= 11 is 0. The number of carbonyl (C=O) groups excluding carboxylic acids is 2. The summed E-state index contributed by atoms with van der Waals surface area (Å²) < 4.78 is 0. The molecule has 0 saturated carbocycles. The van der Waals surface area contributed by atoms with E-state index in [1.807, 2.05) is 11.8 Å². The van der Waals surface area contributed by atoms with E-state index in [0.717, 1.165) is 25.7 Å². The van der Waals surface area contributed by atoms with E-state index in [0.29, 0.717) is 6.54 Å². The first-order valence-electron chi connectivity index (χ1n) is 5.08. The van der Waals surface area contributed by atoms with E-state index in [1.165, 1.54) is 0 Å². The minimum absolute atomic E-state index is 0.0389. The van der Waals surface area contributed by atoms with Gasteiger partial charge in [0.05, 0.1) is 18.6 Å². The van der Waals surface area contributed by atoms with Crippen LogP contribution in [0.2, 0.25) is 0 Å². The molecule has 0 aromatic heterocycles. The topological polar surface area (TPSA) is 49.4 Å². The first-order valence-corrected chi connectivity index (χ1v) is 5.08. The third-order valence-electron chi connectivity index (χ3n) is 2.85. The SMILES string of the molecule is CN[C@@H](C)C(=O)CN1CCC[C@H]1C=O. The van der Waals surface area contributed by atoms with Crippen LogP contribution >= 0.6 is 0 Å². The zero-order chi connectivity index (χ0) is 10.6. The minimum Gasteiger partial charge on any atom is -0.311 e. The molecule has 1 fully saturated rings. The van der Waals surface area contributed by atoms with Crippen molar-refractivity contribution in [2.24, 2.45) is 0 Å². The van der Waals surface area contributed by atoms with Gasteiger partial charge in [0.25, 0.3) is 0 Å². The lowest BCUT2D eigenvalue weighted by Crippen LogP contribution is -2.42. The molecule has 0 aliphatic carbocycles. The van der Waals surface area contributed by atoms with Gasteiger partial charge in [-0.15, -0.1) is 0 Å². The van der Waals surface area contributed by atoms with Crippen molar-refractivity contribution in [2.75, 3.05) is 20.1 Å². The van der Waals surface area contributed by atoms with Crippen LogP contribution in [0.3, 0.4) is 0 Å². The van der Waals surface area contributed by atoms with Crippen LogP contribution in [0.1, 0.15) is 19.8 Å². The Morgan fingerprint density at radius 3 is 3.00 bits per heavy atom. The molecule has 2 atom stereocenters. The summed E-state index contributed by atoms with van der Waals surface area (Å²) in [5.74, 6) is 0.154. The second kappa shape index (κ2) is 5.22. The highest BCUT2D eigenvalue weighted by Crippen LogP contribution is 2.14. The molecule has 0 radical (unpaired) electrons. The highest BCUT2D eigenvalue weighted by Gasteiger charge is 2.26. The summed E-state index contributed by atoms with van der Waals surface area (Å²) in [6.07, 6.45) is 2.86. The number of ketones is 1. The average molecular weight is 198 g/mol. The van der Waals surface area contributed by atoms with Gasteiger partial charge in [0.1, 0.15) is 6.29 Å². The summed E-state index contributed by atoms with van der Waals surface area (Å²) in [6.45, 7) is 3.10. The van der Waals surface area contributed by atoms with Crippen molar-refractivity contribution >= 4 is 12.1 Å². The molecule has 1 aliphatic rings. The molecular weight excluding hydrogens is 180 g/mol. The number of likely N-dealkylation sites (tertiary alicyclic amines) is 1. The predicted molar refractivity (Wildman–Crippen MR) is 54.2 cm³/mol. The van der Waals surface area contributed by atoms with Gasteiger partial charge in [-0.25, -0.2) is 0 Å².